The Labute approximate surface area is 116 Å². The molecular weight excluding hydrogens is 258 g/mol. The Morgan fingerprint density at radius 3 is 2.45 bits per heavy atom. The van der Waals surface area contributed by atoms with Crippen molar-refractivity contribution >= 4 is 5.97 Å². The highest BCUT2D eigenvalue weighted by atomic mass is 16.6. The first-order chi connectivity index (χ1) is 9.83. The monoisotopic (exact) mass is 273 g/mol. The third kappa shape index (κ3) is 2.85. The number of hydrogen-bond acceptors (Lipinski definition) is 5. The van der Waals surface area contributed by atoms with Gasteiger partial charge >= 0.3 is 5.97 Å². The highest BCUT2D eigenvalue weighted by molar-refractivity contribution is 5.89. The van der Waals surface area contributed by atoms with Crippen molar-refractivity contribution in [1.29, 1.82) is 0 Å². The molecule has 0 amide bonds. The molecule has 1 aromatic heterocycles. The molecule has 2 aromatic rings. The molecule has 0 spiro atoms. The number of carbonyl (C=O) groups is 1. The fraction of sp³-hybridized carbons (Fsp3) is 0.357. The first kappa shape index (κ1) is 12.8. The molecule has 0 bridgehead atoms. The number of nitrogens with zero attached hydrogens (tertiary/aromatic N) is 3. The van der Waals surface area contributed by atoms with E-state index in [9.17, 15) is 4.79 Å². The van der Waals surface area contributed by atoms with E-state index in [2.05, 4.69) is 10.2 Å². The lowest BCUT2D eigenvalue weighted by Crippen LogP contribution is -2.26. The van der Waals surface area contributed by atoms with Crippen molar-refractivity contribution in [3.8, 4) is 5.69 Å². The van der Waals surface area contributed by atoms with Gasteiger partial charge in [0.05, 0.1) is 18.8 Å². The average molecular weight is 273 g/mol. The van der Waals surface area contributed by atoms with E-state index in [0.29, 0.717) is 18.8 Å². The molecule has 6 heteroatoms. The second kappa shape index (κ2) is 5.83. The summed E-state index contributed by atoms with van der Waals surface area (Å²) in [5.41, 5.74) is 1.45. The van der Waals surface area contributed by atoms with Gasteiger partial charge in [-0.1, -0.05) is 0 Å². The van der Waals surface area contributed by atoms with Gasteiger partial charge in [0, 0.05) is 18.5 Å². The van der Waals surface area contributed by atoms with E-state index in [1.54, 1.807) is 29.4 Å². The molecule has 3 rings (SSSR count). The fourth-order valence-electron chi connectivity index (χ4n) is 2.12. The van der Waals surface area contributed by atoms with E-state index in [-0.39, 0.29) is 12.1 Å². The normalized spacial score (nSPS) is 16.0. The van der Waals surface area contributed by atoms with Crippen molar-refractivity contribution in [2.24, 2.45) is 0 Å². The van der Waals surface area contributed by atoms with Gasteiger partial charge in [0.25, 0.3) is 0 Å². The van der Waals surface area contributed by atoms with Gasteiger partial charge in [0.15, 0.2) is 0 Å². The Morgan fingerprint density at radius 1 is 1.15 bits per heavy atom. The van der Waals surface area contributed by atoms with Crippen molar-refractivity contribution in [3.63, 3.8) is 0 Å². The number of aromatic nitrogens is 3. The zero-order valence-corrected chi connectivity index (χ0v) is 10.9. The maximum absolute atomic E-state index is 12.0. The standard InChI is InChI=1S/C14H15N3O3/c18-14(20-13-5-7-19-8-6-13)11-1-3-12(4-2-11)17-9-15-16-10-17/h1-4,9-10,13H,5-8H2. The highest BCUT2D eigenvalue weighted by Crippen LogP contribution is 2.15. The molecule has 6 nitrogen and oxygen atoms in total. The van der Waals surface area contributed by atoms with Crippen molar-refractivity contribution in [1.82, 2.24) is 14.8 Å². The lowest BCUT2D eigenvalue weighted by molar-refractivity contribution is -0.0159. The topological polar surface area (TPSA) is 66.2 Å². The summed E-state index contributed by atoms with van der Waals surface area (Å²) in [5, 5.41) is 7.49. The van der Waals surface area contributed by atoms with Crippen molar-refractivity contribution in [2.75, 3.05) is 13.2 Å². The van der Waals surface area contributed by atoms with Crippen LogP contribution in [0.15, 0.2) is 36.9 Å². The molecule has 0 aliphatic carbocycles. The Balaban J connectivity index is 1.66. The number of benzene rings is 1. The first-order valence-corrected chi connectivity index (χ1v) is 6.57. The molecule has 0 saturated carbocycles. The minimum atomic E-state index is -0.285. The van der Waals surface area contributed by atoms with Crippen molar-refractivity contribution in [2.45, 2.75) is 18.9 Å². The lowest BCUT2D eigenvalue weighted by Gasteiger charge is -2.22. The van der Waals surface area contributed by atoms with E-state index in [4.69, 9.17) is 9.47 Å². The Kier molecular flexibility index (Phi) is 3.73. The molecule has 104 valence electrons. The zero-order chi connectivity index (χ0) is 13.8. The number of ether oxygens (including phenoxy) is 2. The van der Waals surface area contributed by atoms with Gasteiger partial charge in [-0.2, -0.15) is 0 Å². The number of rotatable bonds is 3. The number of carbonyl (C=O) groups excluding carboxylic acids is 1. The van der Waals surface area contributed by atoms with Gasteiger partial charge < -0.3 is 9.47 Å². The summed E-state index contributed by atoms with van der Waals surface area (Å²) in [6.07, 6.45) is 4.72. The van der Waals surface area contributed by atoms with Crippen LogP contribution in [0, 0.1) is 0 Å². The third-order valence-electron chi connectivity index (χ3n) is 3.26. The minimum Gasteiger partial charge on any atom is -0.459 e. The molecular formula is C14H15N3O3. The molecule has 0 radical (unpaired) electrons. The number of hydrogen-bond donors (Lipinski definition) is 0. The molecule has 0 atom stereocenters. The van der Waals surface area contributed by atoms with Crippen LogP contribution < -0.4 is 0 Å². The summed E-state index contributed by atoms with van der Waals surface area (Å²) in [4.78, 5) is 12.0. The fourth-order valence-corrected chi connectivity index (χ4v) is 2.12. The molecule has 20 heavy (non-hydrogen) atoms. The van der Waals surface area contributed by atoms with Crippen molar-refractivity contribution < 1.29 is 14.3 Å². The van der Waals surface area contributed by atoms with E-state index in [0.717, 1.165) is 18.5 Å². The second-order valence-corrected chi connectivity index (χ2v) is 4.63. The lowest BCUT2D eigenvalue weighted by atomic mass is 10.1. The Hall–Kier alpha value is -2.21. The predicted octanol–water partition coefficient (Wildman–Crippen LogP) is 1.60. The first-order valence-electron chi connectivity index (χ1n) is 6.57. The van der Waals surface area contributed by atoms with Crippen LogP contribution in [0.5, 0.6) is 0 Å². The van der Waals surface area contributed by atoms with E-state index >= 15 is 0 Å². The molecule has 1 saturated heterocycles. The quantitative estimate of drug-likeness (QED) is 0.795. The summed E-state index contributed by atoms with van der Waals surface area (Å²) in [5.74, 6) is -0.285. The SMILES string of the molecule is O=C(OC1CCOCC1)c1ccc(-n2cnnc2)cc1. The average Bonchev–Trinajstić information content (AvgIpc) is 3.03. The molecule has 1 aliphatic heterocycles. The zero-order valence-electron chi connectivity index (χ0n) is 10.9. The van der Waals surface area contributed by atoms with Gasteiger partial charge in [-0.05, 0) is 24.3 Å². The summed E-state index contributed by atoms with van der Waals surface area (Å²) < 4.78 is 12.5. The smallest absolute Gasteiger partial charge is 0.338 e. The second-order valence-electron chi connectivity index (χ2n) is 4.63. The van der Waals surface area contributed by atoms with Gasteiger partial charge in [-0.15, -0.1) is 10.2 Å². The van der Waals surface area contributed by atoms with E-state index in [1.807, 2.05) is 12.1 Å². The summed E-state index contributed by atoms with van der Waals surface area (Å²) in [6, 6.07) is 7.17. The van der Waals surface area contributed by atoms with Crippen LogP contribution in [0.3, 0.4) is 0 Å². The van der Waals surface area contributed by atoms with Crippen LogP contribution in [0.1, 0.15) is 23.2 Å². The van der Waals surface area contributed by atoms with Gasteiger partial charge in [-0.25, -0.2) is 4.79 Å². The Morgan fingerprint density at radius 2 is 1.80 bits per heavy atom. The number of esters is 1. The van der Waals surface area contributed by atoms with Crippen LogP contribution >= 0.6 is 0 Å². The van der Waals surface area contributed by atoms with Crippen LogP contribution in [-0.4, -0.2) is 40.1 Å². The maximum atomic E-state index is 12.0. The molecule has 1 aromatic carbocycles. The molecule has 2 heterocycles. The van der Waals surface area contributed by atoms with Crippen LogP contribution in [0.2, 0.25) is 0 Å². The summed E-state index contributed by atoms with van der Waals surface area (Å²) >= 11 is 0. The van der Waals surface area contributed by atoms with Crippen LogP contribution in [0.25, 0.3) is 5.69 Å². The van der Waals surface area contributed by atoms with Crippen molar-refractivity contribution in [3.05, 3.63) is 42.5 Å². The van der Waals surface area contributed by atoms with E-state index in [1.165, 1.54) is 0 Å². The molecule has 1 aliphatic rings. The Bertz CT molecular complexity index is 560. The van der Waals surface area contributed by atoms with Gasteiger partial charge in [0.1, 0.15) is 18.8 Å². The van der Waals surface area contributed by atoms with Crippen LogP contribution in [-0.2, 0) is 9.47 Å². The summed E-state index contributed by atoms with van der Waals surface area (Å²) in [6.45, 7) is 1.31. The third-order valence-corrected chi connectivity index (χ3v) is 3.26. The predicted molar refractivity (Wildman–Crippen MR) is 70.6 cm³/mol. The highest BCUT2D eigenvalue weighted by Gasteiger charge is 2.19. The van der Waals surface area contributed by atoms with E-state index < -0.39 is 0 Å². The van der Waals surface area contributed by atoms with Gasteiger partial charge in [-0.3, -0.25) is 4.57 Å². The van der Waals surface area contributed by atoms with Crippen LogP contribution in [0.4, 0.5) is 0 Å². The van der Waals surface area contributed by atoms with Gasteiger partial charge in [0.2, 0.25) is 0 Å². The molecule has 1 fully saturated rings. The maximum Gasteiger partial charge on any atom is 0.338 e. The largest absolute Gasteiger partial charge is 0.459 e. The minimum absolute atomic E-state index is 0.0335. The molecule has 0 N–H and O–H groups in total. The summed E-state index contributed by atoms with van der Waals surface area (Å²) in [7, 11) is 0. The molecule has 0 unspecified atom stereocenters.